The molecule has 2 heterocycles. The number of hydrogen-bond acceptors (Lipinski definition) is 2. The summed E-state index contributed by atoms with van der Waals surface area (Å²) in [5.41, 5.74) is 3.18. The van der Waals surface area contributed by atoms with E-state index in [4.69, 9.17) is 11.6 Å². The van der Waals surface area contributed by atoms with Crippen molar-refractivity contribution in [3.63, 3.8) is 0 Å². The molecule has 0 saturated carbocycles. The summed E-state index contributed by atoms with van der Waals surface area (Å²) in [4.78, 5) is 16.0. The number of aromatic nitrogens is 2. The van der Waals surface area contributed by atoms with Gasteiger partial charge in [-0.05, 0) is 18.6 Å². The van der Waals surface area contributed by atoms with E-state index >= 15 is 0 Å². The molecule has 0 unspecified atom stereocenters. The lowest BCUT2D eigenvalue weighted by Gasteiger charge is -2.12. The summed E-state index contributed by atoms with van der Waals surface area (Å²) in [5.74, 6) is -0.0173. The Morgan fingerprint density at radius 1 is 1.26 bits per heavy atom. The Balaban J connectivity index is 2.44. The van der Waals surface area contributed by atoms with Gasteiger partial charge in [0, 0.05) is 5.56 Å². The summed E-state index contributed by atoms with van der Waals surface area (Å²) >= 11 is 6.19. The third kappa shape index (κ3) is 1.92. The van der Waals surface area contributed by atoms with Gasteiger partial charge < -0.3 is 0 Å². The van der Waals surface area contributed by atoms with Gasteiger partial charge in [0.1, 0.15) is 0 Å². The Labute approximate surface area is 115 Å². The number of carbonyl (C=O) groups is 1. The number of Topliss-reactive ketones (excluding diaryl/α,β-unsaturated/α-hetero) is 1. The van der Waals surface area contributed by atoms with Crippen LogP contribution in [-0.2, 0) is 0 Å². The van der Waals surface area contributed by atoms with Crippen molar-refractivity contribution in [2.24, 2.45) is 0 Å². The molecule has 3 aromatic rings. The van der Waals surface area contributed by atoms with E-state index < -0.39 is 0 Å². The van der Waals surface area contributed by atoms with Crippen LogP contribution in [0.5, 0.6) is 0 Å². The fraction of sp³-hybridized carbons (Fsp3) is 0.0667. The van der Waals surface area contributed by atoms with Gasteiger partial charge in [0.2, 0.25) is 0 Å². The third-order valence-electron chi connectivity index (χ3n) is 3.08. The Kier molecular flexibility index (Phi) is 2.84. The maximum absolute atomic E-state index is 11.9. The smallest absolute Gasteiger partial charge is 0.161 e. The highest BCUT2D eigenvalue weighted by Gasteiger charge is 2.15. The molecule has 3 rings (SSSR count). The number of hydrogen-bond donors (Lipinski definition) is 0. The minimum Gasteiger partial charge on any atom is -0.297 e. The van der Waals surface area contributed by atoms with E-state index in [2.05, 4.69) is 4.98 Å². The fourth-order valence-corrected chi connectivity index (χ4v) is 2.46. The first-order valence-corrected chi connectivity index (χ1v) is 6.27. The number of imidazole rings is 1. The molecule has 1 aromatic carbocycles. The summed E-state index contributed by atoms with van der Waals surface area (Å²) in [6.07, 6.45) is 3.37. The molecule has 0 fully saturated rings. The molecule has 0 aliphatic carbocycles. The molecule has 94 valence electrons. The zero-order valence-corrected chi connectivity index (χ0v) is 11.1. The average molecular weight is 271 g/mol. The molecule has 4 heteroatoms. The second-order valence-corrected chi connectivity index (χ2v) is 4.73. The molecule has 0 atom stereocenters. The number of halogens is 1. The standard InChI is InChI=1S/C15H11ClN2O/c1-10(19)12-7-13(16)14-8-17-9-18(14)15(12)11-5-3-2-4-6-11/h2-9H,1H3. The number of fused-ring (bicyclic) bond motifs is 1. The Hall–Kier alpha value is -2.13. The predicted molar refractivity (Wildman–Crippen MR) is 75.6 cm³/mol. The van der Waals surface area contributed by atoms with E-state index in [1.165, 1.54) is 0 Å². The number of rotatable bonds is 2. The van der Waals surface area contributed by atoms with E-state index in [-0.39, 0.29) is 5.78 Å². The van der Waals surface area contributed by atoms with Crippen molar-refractivity contribution in [3.05, 3.63) is 59.5 Å². The van der Waals surface area contributed by atoms with Crippen LogP contribution in [0.15, 0.2) is 48.9 Å². The predicted octanol–water partition coefficient (Wildman–Crippen LogP) is 3.86. The molecule has 0 radical (unpaired) electrons. The van der Waals surface area contributed by atoms with Crippen molar-refractivity contribution in [3.8, 4) is 11.3 Å². The third-order valence-corrected chi connectivity index (χ3v) is 3.38. The topological polar surface area (TPSA) is 34.4 Å². The highest BCUT2D eigenvalue weighted by Crippen LogP contribution is 2.30. The molecule has 0 aliphatic heterocycles. The quantitative estimate of drug-likeness (QED) is 0.663. The number of ketones is 1. The van der Waals surface area contributed by atoms with Crippen LogP contribution in [0.3, 0.4) is 0 Å². The molecule has 0 spiro atoms. The Morgan fingerprint density at radius 3 is 2.68 bits per heavy atom. The van der Waals surface area contributed by atoms with E-state index in [0.717, 1.165) is 16.8 Å². The lowest BCUT2D eigenvalue weighted by Crippen LogP contribution is -2.02. The van der Waals surface area contributed by atoms with Crippen LogP contribution < -0.4 is 0 Å². The van der Waals surface area contributed by atoms with Gasteiger partial charge >= 0.3 is 0 Å². The van der Waals surface area contributed by atoms with Crippen LogP contribution in [0.4, 0.5) is 0 Å². The summed E-state index contributed by atoms with van der Waals surface area (Å²) in [7, 11) is 0. The Morgan fingerprint density at radius 2 is 2.00 bits per heavy atom. The Bertz CT molecular complexity index is 762. The fourth-order valence-electron chi connectivity index (χ4n) is 2.21. The first-order chi connectivity index (χ1) is 9.18. The van der Waals surface area contributed by atoms with Crippen molar-refractivity contribution in [1.82, 2.24) is 9.38 Å². The molecule has 2 aromatic heterocycles. The summed E-state index contributed by atoms with van der Waals surface area (Å²) in [6, 6.07) is 11.5. The second kappa shape index (κ2) is 4.52. The number of nitrogens with zero attached hydrogens (tertiary/aromatic N) is 2. The maximum Gasteiger partial charge on any atom is 0.161 e. The van der Waals surface area contributed by atoms with Crippen molar-refractivity contribution < 1.29 is 4.79 Å². The van der Waals surface area contributed by atoms with Gasteiger partial charge in [-0.1, -0.05) is 41.9 Å². The van der Waals surface area contributed by atoms with Crippen LogP contribution in [0.2, 0.25) is 5.02 Å². The van der Waals surface area contributed by atoms with Gasteiger partial charge in [0.15, 0.2) is 5.78 Å². The molecule has 0 bridgehead atoms. The van der Waals surface area contributed by atoms with Gasteiger partial charge in [-0.2, -0.15) is 0 Å². The van der Waals surface area contributed by atoms with Crippen LogP contribution >= 0.6 is 11.6 Å². The van der Waals surface area contributed by atoms with E-state index in [1.54, 1.807) is 25.5 Å². The molecular formula is C15H11ClN2O. The zero-order chi connectivity index (χ0) is 13.4. The highest BCUT2D eigenvalue weighted by atomic mass is 35.5. The SMILES string of the molecule is CC(=O)c1cc(Cl)c2cncn2c1-c1ccccc1. The van der Waals surface area contributed by atoms with Crippen LogP contribution in [0, 0.1) is 0 Å². The van der Waals surface area contributed by atoms with Crippen molar-refractivity contribution >= 4 is 22.9 Å². The lowest BCUT2D eigenvalue weighted by molar-refractivity contribution is 0.101. The van der Waals surface area contributed by atoms with E-state index in [0.29, 0.717) is 10.6 Å². The van der Waals surface area contributed by atoms with Crippen LogP contribution in [0.25, 0.3) is 16.8 Å². The van der Waals surface area contributed by atoms with Crippen LogP contribution in [0.1, 0.15) is 17.3 Å². The van der Waals surface area contributed by atoms with Gasteiger partial charge in [-0.15, -0.1) is 0 Å². The van der Waals surface area contributed by atoms with Gasteiger partial charge in [0.05, 0.1) is 28.8 Å². The summed E-state index contributed by atoms with van der Waals surface area (Å²) in [5, 5.41) is 0.530. The highest BCUT2D eigenvalue weighted by molar-refractivity contribution is 6.34. The lowest BCUT2D eigenvalue weighted by atomic mass is 10.0. The van der Waals surface area contributed by atoms with Crippen molar-refractivity contribution in [2.75, 3.05) is 0 Å². The zero-order valence-electron chi connectivity index (χ0n) is 10.3. The molecule has 19 heavy (non-hydrogen) atoms. The first-order valence-electron chi connectivity index (χ1n) is 5.89. The molecule has 0 aliphatic rings. The number of carbonyl (C=O) groups excluding carboxylic acids is 1. The minimum absolute atomic E-state index is 0.0173. The van der Waals surface area contributed by atoms with E-state index in [9.17, 15) is 4.79 Å². The molecule has 0 saturated heterocycles. The number of benzene rings is 1. The molecule has 0 N–H and O–H groups in total. The molecule has 0 amide bonds. The summed E-state index contributed by atoms with van der Waals surface area (Å²) < 4.78 is 1.86. The normalized spacial score (nSPS) is 10.8. The number of pyridine rings is 1. The summed E-state index contributed by atoms with van der Waals surface area (Å²) in [6.45, 7) is 1.54. The van der Waals surface area contributed by atoms with Gasteiger partial charge in [-0.25, -0.2) is 4.98 Å². The minimum atomic E-state index is -0.0173. The largest absolute Gasteiger partial charge is 0.297 e. The van der Waals surface area contributed by atoms with Crippen molar-refractivity contribution in [1.29, 1.82) is 0 Å². The van der Waals surface area contributed by atoms with E-state index in [1.807, 2.05) is 34.7 Å². The average Bonchev–Trinajstić information content (AvgIpc) is 2.89. The van der Waals surface area contributed by atoms with Crippen molar-refractivity contribution in [2.45, 2.75) is 6.92 Å². The van der Waals surface area contributed by atoms with Gasteiger partial charge in [-0.3, -0.25) is 9.20 Å². The monoisotopic (exact) mass is 270 g/mol. The first kappa shape index (κ1) is 11.9. The van der Waals surface area contributed by atoms with Crippen LogP contribution in [-0.4, -0.2) is 15.2 Å². The van der Waals surface area contributed by atoms with Gasteiger partial charge in [0.25, 0.3) is 0 Å². The molecule has 3 nitrogen and oxygen atoms in total. The second-order valence-electron chi connectivity index (χ2n) is 4.33. The molecular weight excluding hydrogens is 260 g/mol. The maximum atomic E-state index is 11.9.